The van der Waals surface area contributed by atoms with Gasteiger partial charge in [0.1, 0.15) is 6.04 Å². The molecule has 0 aromatic heterocycles. The number of para-hydroxylation sites is 1. The fourth-order valence-electron chi connectivity index (χ4n) is 1.90. The number of carbonyl (C=O) groups excluding carboxylic acids is 1. The van der Waals surface area contributed by atoms with Gasteiger partial charge in [0.05, 0.1) is 4.99 Å². The summed E-state index contributed by atoms with van der Waals surface area (Å²) in [5.74, 6) is 0.0618. The number of nitrogens with zero attached hydrogens (tertiary/aromatic N) is 2. The number of thiocarbonyl (C=S) groups is 1. The fourth-order valence-corrected chi connectivity index (χ4v) is 1.99. The first-order chi connectivity index (χ1) is 8.93. The molecule has 1 unspecified atom stereocenters. The summed E-state index contributed by atoms with van der Waals surface area (Å²) in [5, 5.41) is 0. The Bertz CT molecular complexity index is 434. The van der Waals surface area contributed by atoms with Gasteiger partial charge in [-0.2, -0.15) is 0 Å². The molecule has 4 nitrogen and oxygen atoms in total. The van der Waals surface area contributed by atoms with Crippen molar-refractivity contribution in [2.75, 3.05) is 25.5 Å². The van der Waals surface area contributed by atoms with E-state index in [0.29, 0.717) is 18.0 Å². The number of benzene rings is 1. The molecule has 0 heterocycles. The smallest absolute Gasteiger partial charge is 0.244 e. The minimum Gasteiger partial charge on any atom is -0.393 e. The van der Waals surface area contributed by atoms with E-state index in [1.807, 2.05) is 42.2 Å². The van der Waals surface area contributed by atoms with Crippen LogP contribution in [0.3, 0.4) is 0 Å². The molecular formula is C14H21N3OS. The summed E-state index contributed by atoms with van der Waals surface area (Å²) >= 11 is 4.92. The van der Waals surface area contributed by atoms with Gasteiger partial charge in [-0.05, 0) is 19.1 Å². The molecular weight excluding hydrogens is 258 g/mol. The lowest BCUT2D eigenvalue weighted by molar-refractivity contribution is -0.129. The predicted molar refractivity (Wildman–Crippen MR) is 83.3 cm³/mol. The average Bonchev–Trinajstić information content (AvgIpc) is 2.38. The molecule has 0 aliphatic rings. The van der Waals surface area contributed by atoms with Gasteiger partial charge in [-0.15, -0.1) is 0 Å². The predicted octanol–water partition coefficient (Wildman–Crippen LogP) is 1.65. The highest BCUT2D eigenvalue weighted by atomic mass is 32.1. The summed E-state index contributed by atoms with van der Waals surface area (Å²) < 4.78 is 0. The third-order valence-corrected chi connectivity index (χ3v) is 3.16. The van der Waals surface area contributed by atoms with Crippen LogP contribution in [-0.2, 0) is 4.79 Å². The number of nitrogens with two attached hydrogens (primary N) is 1. The van der Waals surface area contributed by atoms with Crippen LogP contribution in [0.15, 0.2) is 30.3 Å². The Hall–Kier alpha value is -1.62. The van der Waals surface area contributed by atoms with Gasteiger partial charge in [0.15, 0.2) is 0 Å². The number of hydrogen-bond donors (Lipinski definition) is 1. The van der Waals surface area contributed by atoms with Gasteiger partial charge in [-0.3, -0.25) is 4.79 Å². The molecule has 0 bridgehead atoms. The monoisotopic (exact) mass is 279 g/mol. The Balaban J connectivity index is 2.92. The van der Waals surface area contributed by atoms with Crippen LogP contribution in [-0.4, -0.2) is 42.5 Å². The van der Waals surface area contributed by atoms with E-state index in [1.54, 1.807) is 19.0 Å². The van der Waals surface area contributed by atoms with Crippen molar-refractivity contribution in [3.05, 3.63) is 30.3 Å². The molecule has 1 rings (SSSR count). The first-order valence-electron chi connectivity index (χ1n) is 6.24. The summed E-state index contributed by atoms with van der Waals surface area (Å²) in [6, 6.07) is 9.59. The molecule has 0 spiro atoms. The molecule has 0 saturated heterocycles. The van der Waals surface area contributed by atoms with Crippen LogP contribution in [0.25, 0.3) is 0 Å². The summed E-state index contributed by atoms with van der Waals surface area (Å²) in [7, 11) is 3.52. The summed E-state index contributed by atoms with van der Waals surface area (Å²) in [5.41, 5.74) is 6.57. The number of hydrogen-bond acceptors (Lipinski definition) is 3. The van der Waals surface area contributed by atoms with Crippen LogP contribution in [0.5, 0.6) is 0 Å². The van der Waals surface area contributed by atoms with Crippen molar-refractivity contribution in [3.63, 3.8) is 0 Å². The fraction of sp³-hybridized carbons (Fsp3) is 0.429. The largest absolute Gasteiger partial charge is 0.393 e. The molecule has 0 aliphatic heterocycles. The molecule has 0 fully saturated rings. The molecule has 1 atom stereocenters. The van der Waals surface area contributed by atoms with Gasteiger partial charge < -0.3 is 15.5 Å². The number of amides is 1. The van der Waals surface area contributed by atoms with E-state index in [2.05, 4.69) is 0 Å². The Morgan fingerprint density at radius 1 is 1.32 bits per heavy atom. The highest BCUT2D eigenvalue weighted by Crippen LogP contribution is 2.17. The normalized spacial score (nSPS) is 11.7. The van der Waals surface area contributed by atoms with E-state index in [9.17, 15) is 4.79 Å². The Morgan fingerprint density at radius 2 is 1.89 bits per heavy atom. The van der Waals surface area contributed by atoms with Crippen molar-refractivity contribution in [2.45, 2.75) is 19.4 Å². The van der Waals surface area contributed by atoms with Crippen LogP contribution in [0, 0.1) is 0 Å². The Kier molecular flexibility index (Phi) is 5.76. The van der Waals surface area contributed by atoms with Gasteiger partial charge in [-0.25, -0.2) is 0 Å². The van der Waals surface area contributed by atoms with E-state index in [0.717, 1.165) is 5.69 Å². The molecule has 1 aromatic rings. The Labute approximate surface area is 120 Å². The molecule has 1 amide bonds. The number of likely N-dealkylation sites (N-methyl/N-ethyl adjacent to an activating group) is 1. The highest BCUT2D eigenvalue weighted by Gasteiger charge is 2.22. The maximum atomic E-state index is 12.1. The van der Waals surface area contributed by atoms with Gasteiger partial charge in [0.25, 0.3) is 0 Å². The van der Waals surface area contributed by atoms with Crippen molar-refractivity contribution in [1.29, 1.82) is 0 Å². The molecule has 104 valence electrons. The summed E-state index contributed by atoms with van der Waals surface area (Å²) in [6.45, 7) is 2.54. The van der Waals surface area contributed by atoms with Crippen LogP contribution in [0.4, 0.5) is 5.69 Å². The quantitative estimate of drug-likeness (QED) is 0.804. The second-order valence-electron chi connectivity index (χ2n) is 4.65. The van der Waals surface area contributed by atoms with Crippen molar-refractivity contribution in [1.82, 2.24) is 4.90 Å². The van der Waals surface area contributed by atoms with E-state index in [-0.39, 0.29) is 11.9 Å². The summed E-state index contributed by atoms with van der Waals surface area (Å²) in [6.07, 6.45) is 0.593. The maximum absolute atomic E-state index is 12.1. The second kappa shape index (κ2) is 7.09. The van der Waals surface area contributed by atoms with Crippen molar-refractivity contribution < 1.29 is 4.79 Å². The first kappa shape index (κ1) is 15.4. The minimum atomic E-state index is -0.244. The van der Waals surface area contributed by atoms with Crippen LogP contribution >= 0.6 is 12.2 Å². The number of rotatable bonds is 6. The van der Waals surface area contributed by atoms with Gasteiger partial charge >= 0.3 is 0 Å². The summed E-state index contributed by atoms with van der Waals surface area (Å²) in [4.78, 5) is 16.2. The SMILES string of the molecule is CC(C(=O)N(C)C)N(CCC(N)=S)c1ccccc1. The third kappa shape index (κ3) is 4.52. The molecule has 1 aromatic carbocycles. The number of carbonyl (C=O) groups is 1. The molecule has 0 saturated carbocycles. The zero-order valence-electron chi connectivity index (χ0n) is 11.7. The van der Waals surface area contributed by atoms with Crippen molar-refractivity contribution >= 4 is 28.8 Å². The zero-order chi connectivity index (χ0) is 14.4. The van der Waals surface area contributed by atoms with E-state index in [4.69, 9.17) is 18.0 Å². The van der Waals surface area contributed by atoms with Gasteiger partial charge in [0, 0.05) is 32.7 Å². The lowest BCUT2D eigenvalue weighted by atomic mass is 10.2. The van der Waals surface area contributed by atoms with Gasteiger partial charge in [-0.1, -0.05) is 30.4 Å². The Morgan fingerprint density at radius 3 is 2.37 bits per heavy atom. The van der Waals surface area contributed by atoms with Crippen molar-refractivity contribution in [2.24, 2.45) is 5.73 Å². The maximum Gasteiger partial charge on any atom is 0.244 e. The molecule has 5 heteroatoms. The zero-order valence-corrected chi connectivity index (χ0v) is 12.5. The molecule has 2 N–H and O–H groups in total. The topological polar surface area (TPSA) is 49.6 Å². The first-order valence-corrected chi connectivity index (χ1v) is 6.65. The lowest BCUT2D eigenvalue weighted by Crippen LogP contribution is -2.45. The lowest BCUT2D eigenvalue weighted by Gasteiger charge is -2.32. The van der Waals surface area contributed by atoms with E-state index < -0.39 is 0 Å². The van der Waals surface area contributed by atoms with Crippen molar-refractivity contribution in [3.8, 4) is 0 Å². The third-order valence-electron chi connectivity index (χ3n) is 2.95. The molecule has 0 radical (unpaired) electrons. The highest BCUT2D eigenvalue weighted by molar-refractivity contribution is 7.80. The average molecular weight is 279 g/mol. The van der Waals surface area contributed by atoms with Crippen LogP contribution in [0.2, 0.25) is 0 Å². The molecule has 19 heavy (non-hydrogen) atoms. The van der Waals surface area contributed by atoms with Crippen LogP contribution < -0.4 is 10.6 Å². The van der Waals surface area contributed by atoms with Crippen LogP contribution in [0.1, 0.15) is 13.3 Å². The second-order valence-corrected chi connectivity index (χ2v) is 5.18. The standard InChI is InChI=1S/C14H21N3OS/c1-11(14(18)16(2)3)17(10-9-13(15)19)12-7-5-4-6-8-12/h4-8,11H,9-10H2,1-3H3,(H2,15,19). The van der Waals surface area contributed by atoms with E-state index in [1.165, 1.54) is 0 Å². The minimum absolute atomic E-state index is 0.0618. The van der Waals surface area contributed by atoms with Gasteiger partial charge in [0.2, 0.25) is 5.91 Å². The number of anilines is 1. The van der Waals surface area contributed by atoms with E-state index >= 15 is 0 Å². The molecule has 0 aliphatic carbocycles.